The van der Waals surface area contributed by atoms with Gasteiger partial charge in [-0.1, -0.05) is 30.7 Å². The van der Waals surface area contributed by atoms with Crippen LogP contribution in [0.3, 0.4) is 0 Å². The summed E-state index contributed by atoms with van der Waals surface area (Å²) >= 11 is 2.88. The Morgan fingerprint density at radius 2 is 2.03 bits per heavy atom. The molecule has 0 aromatic carbocycles. The first kappa shape index (κ1) is 22.1. The number of aromatic nitrogens is 3. The van der Waals surface area contributed by atoms with E-state index < -0.39 is 0 Å². The molecule has 2 aromatic rings. The molecule has 0 atom stereocenters. The van der Waals surface area contributed by atoms with Crippen LogP contribution in [-0.2, 0) is 28.9 Å². The number of thioether (sulfide) groups is 1. The molecule has 1 N–H and O–H groups in total. The lowest BCUT2D eigenvalue weighted by molar-refractivity contribution is -0.113. The van der Waals surface area contributed by atoms with E-state index in [1.807, 2.05) is 10.6 Å². The lowest BCUT2D eigenvalue weighted by Gasteiger charge is -2.11. The van der Waals surface area contributed by atoms with Crippen LogP contribution in [0.1, 0.15) is 71.1 Å². The number of rotatable bonds is 8. The van der Waals surface area contributed by atoms with Crippen molar-refractivity contribution in [2.75, 3.05) is 18.2 Å². The highest BCUT2D eigenvalue weighted by molar-refractivity contribution is 7.99. The van der Waals surface area contributed by atoms with Crippen molar-refractivity contribution in [3.05, 3.63) is 34.5 Å². The van der Waals surface area contributed by atoms with Crippen LogP contribution in [0.2, 0.25) is 0 Å². The number of amides is 1. The number of ether oxygens (including phenoxy) is 1. The van der Waals surface area contributed by atoms with Crippen LogP contribution in [0.15, 0.2) is 17.8 Å². The first-order valence-electron chi connectivity index (χ1n) is 10.8. The zero-order valence-corrected chi connectivity index (χ0v) is 19.4. The molecule has 2 heterocycles. The maximum Gasteiger partial charge on any atom is 0.341 e. The number of carbonyl (C=O) groups is 2. The molecule has 1 amide bonds. The molecule has 1 saturated carbocycles. The highest BCUT2D eigenvalue weighted by atomic mass is 32.2. The predicted octanol–water partition coefficient (Wildman–Crippen LogP) is 4.58. The van der Waals surface area contributed by atoms with Crippen molar-refractivity contribution < 1.29 is 14.3 Å². The molecule has 0 spiro atoms. The molecule has 7 nitrogen and oxygen atoms in total. The first-order chi connectivity index (χ1) is 15.1. The molecule has 2 aliphatic carbocycles. The van der Waals surface area contributed by atoms with E-state index in [0.717, 1.165) is 55.1 Å². The van der Waals surface area contributed by atoms with Crippen molar-refractivity contribution in [3.8, 4) is 0 Å². The number of hydrogen-bond donors (Lipinski definition) is 1. The summed E-state index contributed by atoms with van der Waals surface area (Å²) in [6.45, 7) is 4.45. The number of fused-ring (bicyclic) bond motifs is 1. The van der Waals surface area contributed by atoms with E-state index in [4.69, 9.17) is 4.74 Å². The smallest absolute Gasteiger partial charge is 0.341 e. The Bertz CT molecular complexity index is 978. The van der Waals surface area contributed by atoms with Gasteiger partial charge in [-0.15, -0.1) is 28.1 Å². The Kier molecular flexibility index (Phi) is 7.12. The van der Waals surface area contributed by atoms with Gasteiger partial charge in [0.15, 0.2) is 5.16 Å². The van der Waals surface area contributed by atoms with E-state index >= 15 is 0 Å². The third-order valence-corrected chi connectivity index (χ3v) is 7.82. The number of nitrogens with one attached hydrogen (secondary N) is 1. The highest BCUT2D eigenvalue weighted by Crippen LogP contribution is 2.40. The molecular formula is C22H28N4O3S2. The Balaban J connectivity index is 1.48. The topological polar surface area (TPSA) is 86.1 Å². The first-order valence-corrected chi connectivity index (χ1v) is 12.6. The quantitative estimate of drug-likeness (QED) is 0.353. The highest BCUT2D eigenvalue weighted by Gasteiger charge is 2.30. The number of thiophene rings is 1. The minimum Gasteiger partial charge on any atom is -0.465 e. The van der Waals surface area contributed by atoms with Gasteiger partial charge in [0, 0.05) is 17.3 Å². The second-order valence-corrected chi connectivity index (χ2v) is 10.0. The van der Waals surface area contributed by atoms with Crippen LogP contribution in [0, 0.1) is 0 Å². The van der Waals surface area contributed by atoms with Gasteiger partial charge >= 0.3 is 5.97 Å². The summed E-state index contributed by atoms with van der Waals surface area (Å²) < 4.78 is 7.08. The molecule has 9 heteroatoms. The van der Waals surface area contributed by atoms with Crippen LogP contribution in [0.5, 0.6) is 0 Å². The summed E-state index contributed by atoms with van der Waals surface area (Å²) in [5.74, 6) is 1.12. The van der Waals surface area contributed by atoms with Crippen LogP contribution in [0.25, 0.3) is 0 Å². The average Bonchev–Trinajstić information content (AvgIpc) is 3.44. The molecule has 2 aromatic heterocycles. The molecule has 0 unspecified atom stereocenters. The summed E-state index contributed by atoms with van der Waals surface area (Å²) in [6, 6.07) is 0. The second-order valence-electron chi connectivity index (χ2n) is 7.96. The Hall–Kier alpha value is -2.13. The van der Waals surface area contributed by atoms with Gasteiger partial charge < -0.3 is 14.6 Å². The number of anilines is 1. The normalized spacial score (nSPS) is 16.2. The monoisotopic (exact) mass is 460 g/mol. The molecular weight excluding hydrogens is 432 g/mol. The van der Waals surface area contributed by atoms with E-state index in [1.54, 1.807) is 0 Å². The van der Waals surface area contributed by atoms with Gasteiger partial charge in [0.1, 0.15) is 10.8 Å². The van der Waals surface area contributed by atoms with Crippen molar-refractivity contribution in [2.24, 2.45) is 0 Å². The van der Waals surface area contributed by atoms with Crippen LogP contribution >= 0.6 is 23.1 Å². The van der Waals surface area contributed by atoms with Gasteiger partial charge in [0.2, 0.25) is 5.91 Å². The fourth-order valence-corrected chi connectivity index (χ4v) is 6.02. The van der Waals surface area contributed by atoms with Gasteiger partial charge in [0.25, 0.3) is 0 Å². The predicted molar refractivity (Wildman–Crippen MR) is 123 cm³/mol. The van der Waals surface area contributed by atoms with Crippen LogP contribution in [0.4, 0.5) is 5.00 Å². The number of carbonyl (C=O) groups excluding carboxylic acids is 2. The van der Waals surface area contributed by atoms with Crippen molar-refractivity contribution in [2.45, 2.75) is 69.0 Å². The third-order valence-electron chi connectivity index (χ3n) is 5.65. The number of hydrogen-bond acceptors (Lipinski definition) is 7. The van der Waals surface area contributed by atoms with Crippen LogP contribution in [-0.4, -0.2) is 39.5 Å². The Morgan fingerprint density at radius 3 is 2.74 bits per heavy atom. The Labute approximate surface area is 190 Å². The van der Waals surface area contributed by atoms with E-state index in [9.17, 15) is 9.59 Å². The largest absolute Gasteiger partial charge is 0.465 e. The van der Waals surface area contributed by atoms with Crippen molar-refractivity contribution in [3.63, 3.8) is 0 Å². The number of esters is 1. The standard InChI is InChI=1S/C22H28N4O3S2/c1-3-12-26-19(14-10-11-14)24-25-22(26)30-13-17(27)23-20-18(21(28)29-2)15-8-6-4-5-7-9-16(15)31-20/h3,14H,1,4-13H2,2H3,(H,23,27). The SMILES string of the molecule is C=CCn1c(SCC(=O)Nc2sc3c(c2C(=O)OC)CCCCCC3)nnc1C1CC1. The van der Waals surface area contributed by atoms with Gasteiger partial charge in [-0.05, 0) is 44.1 Å². The van der Waals surface area contributed by atoms with Gasteiger partial charge in [-0.2, -0.15) is 0 Å². The number of aryl methyl sites for hydroxylation is 1. The van der Waals surface area contributed by atoms with E-state index in [1.165, 1.54) is 47.9 Å². The minimum absolute atomic E-state index is 0.162. The third kappa shape index (κ3) is 5.03. The zero-order valence-electron chi connectivity index (χ0n) is 17.8. The molecule has 166 valence electrons. The molecule has 0 bridgehead atoms. The van der Waals surface area contributed by atoms with E-state index in [-0.39, 0.29) is 17.6 Å². The lowest BCUT2D eigenvalue weighted by Crippen LogP contribution is -2.17. The summed E-state index contributed by atoms with van der Waals surface area (Å²) in [4.78, 5) is 26.5. The van der Waals surface area contributed by atoms with Crippen molar-refractivity contribution in [1.82, 2.24) is 14.8 Å². The number of methoxy groups -OCH3 is 1. The summed E-state index contributed by atoms with van der Waals surface area (Å²) in [7, 11) is 1.39. The molecule has 31 heavy (non-hydrogen) atoms. The van der Waals surface area contributed by atoms with Crippen molar-refractivity contribution in [1.29, 1.82) is 0 Å². The summed E-state index contributed by atoms with van der Waals surface area (Å²) in [6.07, 6.45) is 10.4. The summed E-state index contributed by atoms with van der Waals surface area (Å²) in [5.41, 5.74) is 1.59. The van der Waals surface area contributed by atoms with Gasteiger partial charge in [-0.3, -0.25) is 4.79 Å². The molecule has 0 aliphatic heterocycles. The molecule has 0 saturated heterocycles. The van der Waals surface area contributed by atoms with E-state index in [0.29, 0.717) is 23.0 Å². The minimum atomic E-state index is -0.374. The molecule has 1 fully saturated rings. The number of nitrogens with zero attached hydrogens (tertiary/aromatic N) is 3. The van der Waals surface area contributed by atoms with Gasteiger partial charge in [0.05, 0.1) is 18.4 Å². The lowest BCUT2D eigenvalue weighted by atomic mass is 9.96. The molecule has 0 radical (unpaired) electrons. The number of allylic oxidation sites excluding steroid dienone is 1. The Morgan fingerprint density at radius 1 is 1.26 bits per heavy atom. The molecule has 4 rings (SSSR count). The molecule has 2 aliphatic rings. The fourth-order valence-electron chi connectivity index (χ4n) is 3.97. The fraction of sp³-hybridized carbons (Fsp3) is 0.545. The summed E-state index contributed by atoms with van der Waals surface area (Å²) in [5, 5.41) is 12.9. The average molecular weight is 461 g/mol. The second kappa shape index (κ2) is 9.99. The van der Waals surface area contributed by atoms with Crippen molar-refractivity contribution >= 4 is 40.0 Å². The maximum atomic E-state index is 12.8. The van der Waals surface area contributed by atoms with Crippen LogP contribution < -0.4 is 5.32 Å². The van der Waals surface area contributed by atoms with E-state index in [2.05, 4.69) is 22.1 Å². The van der Waals surface area contributed by atoms with Gasteiger partial charge in [-0.25, -0.2) is 4.79 Å². The maximum absolute atomic E-state index is 12.8. The zero-order chi connectivity index (χ0) is 21.8.